The van der Waals surface area contributed by atoms with Gasteiger partial charge in [0.2, 0.25) is 0 Å². The molecule has 3 heterocycles. The van der Waals surface area contributed by atoms with Crippen LogP contribution in [0.4, 0.5) is 0 Å². The third-order valence-electron chi connectivity index (χ3n) is 5.16. The molecule has 4 heteroatoms. The van der Waals surface area contributed by atoms with Crippen LogP contribution in [-0.4, -0.2) is 9.97 Å². The van der Waals surface area contributed by atoms with Crippen molar-refractivity contribution in [2.75, 3.05) is 0 Å². The summed E-state index contributed by atoms with van der Waals surface area (Å²) in [5, 5.41) is 2.23. The van der Waals surface area contributed by atoms with Crippen molar-refractivity contribution in [3.05, 3.63) is 121 Å². The molecule has 6 rings (SSSR count). The van der Waals surface area contributed by atoms with Gasteiger partial charge < -0.3 is 14.4 Å². The summed E-state index contributed by atoms with van der Waals surface area (Å²) in [7, 11) is 0. The maximum absolute atomic E-state index is 5.97. The number of para-hydroxylation sites is 1. The molecule has 0 unspecified atom stereocenters. The number of pyridine rings is 2. The molecule has 0 amide bonds. The molecule has 3 nitrogen and oxygen atoms in total. The summed E-state index contributed by atoms with van der Waals surface area (Å²) in [6.07, 6.45) is 3.61. The zero-order chi connectivity index (χ0) is 21.8. The van der Waals surface area contributed by atoms with Gasteiger partial charge in [-0.05, 0) is 36.5 Å². The summed E-state index contributed by atoms with van der Waals surface area (Å²) in [6, 6.07) is 36.2. The Hall–Kier alpha value is -3.59. The second-order valence-electron chi connectivity index (χ2n) is 7.40. The zero-order valence-electron chi connectivity index (χ0n) is 18.0. The van der Waals surface area contributed by atoms with Crippen LogP contribution in [0.3, 0.4) is 0 Å². The van der Waals surface area contributed by atoms with E-state index in [1.165, 1.54) is 5.56 Å². The zero-order valence-corrected chi connectivity index (χ0v) is 20.3. The van der Waals surface area contributed by atoms with E-state index in [-0.39, 0.29) is 20.1 Å². The molecule has 0 saturated carbocycles. The van der Waals surface area contributed by atoms with Crippen molar-refractivity contribution < 1.29 is 24.5 Å². The van der Waals surface area contributed by atoms with Crippen LogP contribution >= 0.6 is 0 Å². The summed E-state index contributed by atoms with van der Waals surface area (Å²) in [5.41, 5.74) is 6.80. The molecule has 33 heavy (non-hydrogen) atoms. The fraction of sp³-hybridized carbons (Fsp3) is 0.0345. The van der Waals surface area contributed by atoms with Crippen LogP contribution in [0.5, 0.6) is 0 Å². The van der Waals surface area contributed by atoms with Gasteiger partial charge in [-0.3, -0.25) is 0 Å². The molecule has 0 aliphatic heterocycles. The smallest absolute Gasteiger partial charge is 0.120 e. The molecule has 0 atom stereocenters. The third kappa shape index (κ3) is 4.93. The Morgan fingerprint density at radius 2 is 1.52 bits per heavy atom. The number of hydrogen-bond acceptors (Lipinski definition) is 3. The summed E-state index contributed by atoms with van der Waals surface area (Å²) < 4.78 is 5.97. The van der Waals surface area contributed by atoms with Crippen molar-refractivity contribution in [3.8, 4) is 22.5 Å². The normalized spacial score (nSPS) is 10.3. The number of aromatic nitrogens is 2. The molecule has 3 aromatic carbocycles. The quantitative estimate of drug-likeness (QED) is 0.195. The first-order chi connectivity index (χ1) is 15.8. The first-order valence-electron chi connectivity index (χ1n) is 10.4. The van der Waals surface area contributed by atoms with Crippen LogP contribution in [0, 0.1) is 19.1 Å². The molecule has 0 N–H and O–H groups in total. The Kier molecular flexibility index (Phi) is 7.09. The van der Waals surface area contributed by atoms with Crippen LogP contribution in [-0.2, 0) is 20.1 Å². The van der Waals surface area contributed by atoms with Crippen molar-refractivity contribution in [2.45, 2.75) is 6.92 Å². The minimum atomic E-state index is 0. The van der Waals surface area contributed by atoms with E-state index >= 15 is 0 Å². The predicted molar refractivity (Wildman–Crippen MR) is 129 cm³/mol. The number of aryl methyl sites for hydroxylation is 1. The first-order valence-corrected chi connectivity index (χ1v) is 10.4. The van der Waals surface area contributed by atoms with Crippen LogP contribution < -0.4 is 0 Å². The Balaban J connectivity index is 0.000000164. The summed E-state index contributed by atoms with van der Waals surface area (Å²) in [4.78, 5) is 8.66. The Labute approximate surface area is 206 Å². The molecule has 6 aromatic rings. The van der Waals surface area contributed by atoms with Crippen LogP contribution in [0.15, 0.2) is 108 Å². The second kappa shape index (κ2) is 10.4. The maximum Gasteiger partial charge on any atom is 0.120 e. The van der Waals surface area contributed by atoms with Gasteiger partial charge >= 0.3 is 0 Å². The van der Waals surface area contributed by atoms with Gasteiger partial charge in [0.15, 0.2) is 0 Å². The minimum Gasteiger partial charge on any atom is -0.501 e. The van der Waals surface area contributed by atoms with E-state index < -0.39 is 0 Å². The molecule has 0 spiro atoms. The van der Waals surface area contributed by atoms with Gasteiger partial charge in [-0.2, -0.15) is 0 Å². The number of nitrogens with zero attached hydrogens (tertiary/aromatic N) is 2. The molecular weight excluding hydrogens is 585 g/mol. The monoisotopic (exact) mass is 605 g/mol. The number of rotatable bonds is 2. The Morgan fingerprint density at radius 1 is 0.697 bits per heavy atom. The van der Waals surface area contributed by atoms with Gasteiger partial charge in [0.25, 0.3) is 0 Å². The molecule has 0 saturated heterocycles. The average Bonchev–Trinajstić information content (AvgIpc) is 3.24. The van der Waals surface area contributed by atoms with Crippen molar-refractivity contribution >= 4 is 21.9 Å². The topological polar surface area (TPSA) is 38.9 Å². The molecule has 3 aromatic heterocycles. The molecule has 0 aliphatic rings. The van der Waals surface area contributed by atoms with Crippen LogP contribution in [0.1, 0.15) is 5.56 Å². The molecule has 0 bridgehead atoms. The molecule has 0 fully saturated rings. The molecule has 163 valence electrons. The van der Waals surface area contributed by atoms with E-state index in [1.54, 1.807) is 6.20 Å². The van der Waals surface area contributed by atoms with E-state index in [4.69, 9.17) is 4.42 Å². The van der Waals surface area contributed by atoms with Crippen molar-refractivity contribution in [1.82, 2.24) is 9.97 Å². The van der Waals surface area contributed by atoms with Crippen molar-refractivity contribution in [1.29, 1.82) is 0 Å². The largest absolute Gasteiger partial charge is 0.501 e. The molecular formula is C29H20IrN2O-2. The van der Waals surface area contributed by atoms with Crippen molar-refractivity contribution in [3.63, 3.8) is 0 Å². The van der Waals surface area contributed by atoms with E-state index in [0.717, 1.165) is 44.5 Å². The number of hydrogen-bond donors (Lipinski definition) is 0. The second-order valence-corrected chi connectivity index (χ2v) is 7.40. The van der Waals surface area contributed by atoms with Gasteiger partial charge in [0.1, 0.15) is 5.58 Å². The van der Waals surface area contributed by atoms with Crippen LogP contribution in [0.25, 0.3) is 44.5 Å². The fourth-order valence-corrected chi connectivity index (χ4v) is 3.63. The van der Waals surface area contributed by atoms with E-state index in [9.17, 15) is 0 Å². The summed E-state index contributed by atoms with van der Waals surface area (Å²) >= 11 is 0. The first kappa shape index (κ1) is 22.6. The van der Waals surface area contributed by atoms with E-state index in [2.05, 4.69) is 41.2 Å². The SMILES string of the molecule is Cc1ccnc(-c2[c-]cccc2)c1.[Ir].[c-]1ccc2c(oc3ccccc32)c1-c1ccccn1. The van der Waals surface area contributed by atoms with Gasteiger partial charge in [-0.25, -0.2) is 0 Å². The summed E-state index contributed by atoms with van der Waals surface area (Å²) in [5.74, 6) is 0. The Bertz CT molecular complexity index is 1480. The third-order valence-corrected chi connectivity index (χ3v) is 5.16. The standard InChI is InChI=1S/C17H10NO.C12H10N.Ir/c1-2-10-16-12(6-1)13-7-5-8-14(17(13)19-16)15-9-3-4-11-18-15;1-10-7-8-13-12(9-10)11-5-3-2-4-6-11;/h1-7,9-11H;2-5,7-9H,1H3;/q2*-1;. The van der Waals surface area contributed by atoms with Crippen molar-refractivity contribution in [2.24, 2.45) is 0 Å². The van der Waals surface area contributed by atoms with E-state index in [1.807, 2.05) is 85.1 Å². The molecule has 0 aliphatic carbocycles. The Morgan fingerprint density at radius 3 is 2.30 bits per heavy atom. The molecule has 1 radical (unpaired) electrons. The fourth-order valence-electron chi connectivity index (χ4n) is 3.63. The van der Waals surface area contributed by atoms with Gasteiger partial charge in [0, 0.05) is 37.9 Å². The van der Waals surface area contributed by atoms with Gasteiger partial charge in [-0.15, -0.1) is 54.1 Å². The number of furan rings is 1. The van der Waals surface area contributed by atoms with Crippen LogP contribution in [0.2, 0.25) is 0 Å². The number of benzene rings is 3. The van der Waals surface area contributed by atoms with Gasteiger partial charge in [-0.1, -0.05) is 52.9 Å². The van der Waals surface area contributed by atoms with Gasteiger partial charge in [0.05, 0.1) is 5.58 Å². The average molecular weight is 605 g/mol. The van der Waals surface area contributed by atoms with E-state index in [0.29, 0.717) is 0 Å². The predicted octanol–water partition coefficient (Wildman–Crippen LogP) is 7.30. The minimum absolute atomic E-state index is 0. The maximum atomic E-state index is 5.97. The number of fused-ring (bicyclic) bond motifs is 3. The summed E-state index contributed by atoms with van der Waals surface area (Å²) in [6.45, 7) is 2.06.